The molecule has 0 spiro atoms. The molecular weight excluding hydrogens is 398 g/mol. The fourth-order valence-electron chi connectivity index (χ4n) is 8.33. The highest BCUT2D eigenvalue weighted by atomic mass is 16.2. The van der Waals surface area contributed by atoms with E-state index >= 15 is 0 Å². The summed E-state index contributed by atoms with van der Waals surface area (Å²) >= 11 is 0. The van der Waals surface area contributed by atoms with Crippen molar-refractivity contribution < 1.29 is 9.59 Å². The molecule has 2 amide bonds. The molecule has 0 aromatic rings. The van der Waals surface area contributed by atoms with Gasteiger partial charge in [0.2, 0.25) is 11.8 Å². The molecule has 5 heteroatoms. The summed E-state index contributed by atoms with van der Waals surface area (Å²) < 4.78 is 0. The van der Waals surface area contributed by atoms with Crippen LogP contribution >= 0.6 is 0 Å². The van der Waals surface area contributed by atoms with Gasteiger partial charge < -0.3 is 15.5 Å². The largest absolute Gasteiger partial charge is 0.355 e. The Labute approximate surface area is 195 Å². The average molecular weight is 446 g/mol. The molecule has 0 radical (unpaired) electrons. The van der Waals surface area contributed by atoms with Gasteiger partial charge in [0.1, 0.15) is 0 Å². The van der Waals surface area contributed by atoms with Crippen LogP contribution in [0.15, 0.2) is 0 Å². The number of nitrogens with zero attached hydrogens (tertiary/aromatic N) is 1. The second-order valence-electron chi connectivity index (χ2n) is 13.1. The van der Waals surface area contributed by atoms with Gasteiger partial charge in [0.05, 0.1) is 0 Å². The molecule has 0 aromatic carbocycles. The first-order valence-corrected chi connectivity index (χ1v) is 13.4. The number of hydrogen-bond donors (Lipinski definition) is 2. The lowest BCUT2D eigenvalue weighted by Crippen LogP contribution is -2.63. The predicted octanol–water partition coefficient (Wildman–Crippen LogP) is 4.65. The summed E-state index contributed by atoms with van der Waals surface area (Å²) in [6.07, 6.45) is 11.8. The van der Waals surface area contributed by atoms with Crippen molar-refractivity contribution in [2.24, 2.45) is 23.2 Å². The first-order valence-electron chi connectivity index (χ1n) is 13.4. The van der Waals surface area contributed by atoms with E-state index in [1.165, 1.54) is 19.3 Å². The maximum Gasteiger partial charge on any atom is 0.226 e. The van der Waals surface area contributed by atoms with Gasteiger partial charge in [-0.15, -0.1) is 0 Å². The SMILES string of the molecule is CCCCN(C(=O)CCNC(=O)C12CC3CC(CC(C3)C1)C2)C1CC(C)(C)NC(C)(C)C1. The van der Waals surface area contributed by atoms with Gasteiger partial charge in [-0.25, -0.2) is 0 Å². The zero-order valence-corrected chi connectivity index (χ0v) is 21.3. The summed E-state index contributed by atoms with van der Waals surface area (Å²) in [5.74, 6) is 2.76. The Balaban J connectivity index is 1.34. The van der Waals surface area contributed by atoms with Crippen LogP contribution in [0.3, 0.4) is 0 Å². The van der Waals surface area contributed by atoms with Crippen LogP contribution in [-0.2, 0) is 9.59 Å². The Kier molecular flexibility index (Phi) is 6.70. The normalized spacial score (nSPS) is 35.0. The number of unbranched alkanes of at least 4 members (excludes halogenated alkanes) is 1. The third-order valence-corrected chi connectivity index (χ3v) is 8.83. The number of piperidine rings is 1. The van der Waals surface area contributed by atoms with Crippen LogP contribution in [0.5, 0.6) is 0 Å². The van der Waals surface area contributed by atoms with E-state index in [1.807, 2.05) is 0 Å². The van der Waals surface area contributed by atoms with Gasteiger partial charge in [0, 0.05) is 42.0 Å². The molecule has 5 aliphatic rings. The Hall–Kier alpha value is -1.10. The van der Waals surface area contributed by atoms with E-state index in [0.29, 0.717) is 13.0 Å². The van der Waals surface area contributed by atoms with E-state index in [4.69, 9.17) is 0 Å². The smallest absolute Gasteiger partial charge is 0.226 e. The topological polar surface area (TPSA) is 61.4 Å². The maximum absolute atomic E-state index is 13.4. The van der Waals surface area contributed by atoms with Gasteiger partial charge in [0.25, 0.3) is 0 Å². The quantitative estimate of drug-likeness (QED) is 0.572. The van der Waals surface area contributed by atoms with E-state index in [1.54, 1.807) is 0 Å². The molecule has 0 atom stereocenters. The van der Waals surface area contributed by atoms with E-state index in [0.717, 1.165) is 69.2 Å². The Bertz CT molecular complexity index is 662. The van der Waals surface area contributed by atoms with E-state index in [2.05, 4.69) is 50.2 Å². The highest BCUT2D eigenvalue weighted by Gasteiger charge is 2.54. The van der Waals surface area contributed by atoms with E-state index in [-0.39, 0.29) is 34.3 Å². The van der Waals surface area contributed by atoms with Gasteiger partial charge in [-0.3, -0.25) is 9.59 Å². The monoisotopic (exact) mass is 445 g/mol. The molecule has 5 fully saturated rings. The Morgan fingerprint density at radius 3 is 1.94 bits per heavy atom. The highest BCUT2D eigenvalue weighted by molar-refractivity contribution is 5.84. The van der Waals surface area contributed by atoms with E-state index < -0.39 is 0 Å². The zero-order chi connectivity index (χ0) is 23.1. The summed E-state index contributed by atoms with van der Waals surface area (Å²) in [6, 6.07) is 0.263. The van der Waals surface area contributed by atoms with Crippen molar-refractivity contribution in [3.05, 3.63) is 0 Å². The molecule has 1 aliphatic heterocycles. The number of rotatable bonds is 8. The zero-order valence-electron chi connectivity index (χ0n) is 21.3. The lowest BCUT2D eigenvalue weighted by molar-refractivity contribution is -0.146. The summed E-state index contributed by atoms with van der Waals surface area (Å²) in [5.41, 5.74) is -0.0868. The third-order valence-electron chi connectivity index (χ3n) is 8.83. The van der Waals surface area contributed by atoms with Crippen LogP contribution < -0.4 is 10.6 Å². The van der Waals surface area contributed by atoms with Crippen LogP contribution in [0.4, 0.5) is 0 Å². The van der Waals surface area contributed by atoms with Crippen LogP contribution in [0.1, 0.15) is 105 Å². The first-order chi connectivity index (χ1) is 15.0. The van der Waals surface area contributed by atoms with Crippen molar-refractivity contribution in [3.8, 4) is 0 Å². The molecule has 4 aliphatic carbocycles. The number of amides is 2. The molecular formula is C27H47N3O2. The average Bonchev–Trinajstić information content (AvgIpc) is 2.64. The minimum atomic E-state index is -0.122. The van der Waals surface area contributed by atoms with Crippen molar-refractivity contribution in [2.75, 3.05) is 13.1 Å². The van der Waals surface area contributed by atoms with Crippen LogP contribution in [0.2, 0.25) is 0 Å². The van der Waals surface area contributed by atoms with Crippen molar-refractivity contribution in [1.29, 1.82) is 0 Å². The molecule has 1 saturated heterocycles. The lowest BCUT2D eigenvalue weighted by Gasteiger charge is -2.55. The van der Waals surface area contributed by atoms with Gasteiger partial charge in [0.15, 0.2) is 0 Å². The van der Waals surface area contributed by atoms with Crippen molar-refractivity contribution in [1.82, 2.24) is 15.5 Å². The molecule has 182 valence electrons. The minimum absolute atomic E-state index is 0.0177. The Morgan fingerprint density at radius 1 is 0.906 bits per heavy atom. The molecule has 2 N–H and O–H groups in total. The summed E-state index contributed by atoms with van der Waals surface area (Å²) in [7, 11) is 0. The molecule has 5 rings (SSSR count). The van der Waals surface area contributed by atoms with Crippen molar-refractivity contribution in [3.63, 3.8) is 0 Å². The first kappa shape index (κ1) is 24.0. The molecule has 4 bridgehead atoms. The standard InChI is InChI=1S/C27H47N3O2/c1-6-7-10-30(22-17-25(2,3)29-26(4,5)18-22)23(31)8-9-28-24(32)27-14-19-11-20(15-27)13-21(12-19)16-27/h19-22,29H,6-18H2,1-5H3,(H,28,32). The van der Waals surface area contributed by atoms with Crippen LogP contribution in [-0.4, -0.2) is 46.9 Å². The Morgan fingerprint density at radius 2 is 1.44 bits per heavy atom. The van der Waals surface area contributed by atoms with Crippen molar-refractivity contribution >= 4 is 11.8 Å². The van der Waals surface area contributed by atoms with Gasteiger partial charge in [-0.1, -0.05) is 13.3 Å². The molecule has 1 heterocycles. The molecule has 4 saturated carbocycles. The van der Waals surface area contributed by atoms with Gasteiger partial charge in [-0.2, -0.15) is 0 Å². The molecule has 0 unspecified atom stereocenters. The van der Waals surface area contributed by atoms with Gasteiger partial charge in [-0.05, 0) is 103 Å². The predicted molar refractivity (Wildman–Crippen MR) is 129 cm³/mol. The summed E-state index contributed by atoms with van der Waals surface area (Å²) in [4.78, 5) is 28.7. The fourth-order valence-corrected chi connectivity index (χ4v) is 8.33. The molecule has 32 heavy (non-hydrogen) atoms. The number of carbonyl (C=O) groups excluding carboxylic acids is 2. The second-order valence-corrected chi connectivity index (χ2v) is 13.1. The minimum Gasteiger partial charge on any atom is -0.355 e. The fraction of sp³-hybridized carbons (Fsp3) is 0.926. The number of nitrogens with one attached hydrogen (secondary N) is 2. The highest BCUT2D eigenvalue weighted by Crippen LogP contribution is 2.60. The van der Waals surface area contributed by atoms with Crippen LogP contribution in [0.25, 0.3) is 0 Å². The molecule has 5 nitrogen and oxygen atoms in total. The molecule has 0 aromatic heterocycles. The second kappa shape index (κ2) is 8.92. The maximum atomic E-state index is 13.4. The van der Waals surface area contributed by atoms with Gasteiger partial charge >= 0.3 is 0 Å². The van der Waals surface area contributed by atoms with Crippen molar-refractivity contribution in [2.45, 2.75) is 122 Å². The summed E-state index contributed by atoms with van der Waals surface area (Å²) in [6.45, 7) is 12.5. The summed E-state index contributed by atoms with van der Waals surface area (Å²) in [5, 5.41) is 6.96. The number of carbonyl (C=O) groups is 2. The third kappa shape index (κ3) is 5.18. The lowest BCUT2D eigenvalue weighted by atomic mass is 9.49. The van der Waals surface area contributed by atoms with E-state index in [9.17, 15) is 9.59 Å². The van der Waals surface area contributed by atoms with Crippen LogP contribution in [0, 0.1) is 23.2 Å². The number of hydrogen-bond acceptors (Lipinski definition) is 3.